The van der Waals surface area contributed by atoms with Gasteiger partial charge < -0.3 is 19.3 Å². The van der Waals surface area contributed by atoms with Crippen LogP contribution in [0.5, 0.6) is 0 Å². The van der Waals surface area contributed by atoms with Gasteiger partial charge in [0, 0.05) is 24.5 Å². The zero-order chi connectivity index (χ0) is 33.5. The highest BCUT2D eigenvalue weighted by atomic mass is 16.6. The molecule has 0 heterocycles. The highest BCUT2D eigenvalue weighted by Crippen LogP contribution is 2.15. The number of benzene rings is 1. The third-order valence-electron chi connectivity index (χ3n) is 8.50. The minimum absolute atomic E-state index is 0.383. The molecule has 2 N–H and O–H groups in total. The summed E-state index contributed by atoms with van der Waals surface area (Å²) in [5, 5.41) is 5.49. The number of carbonyl (C=O) groups is 2. The lowest BCUT2D eigenvalue weighted by molar-refractivity contribution is 0.153. The van der Waals surface area contributed by atoms with Crippen molar-refractivity contribution in [2.75, 3.05) is 64.1 Å². The van der Waals surface area contributed by atoms with Crippen LogP contribution in [0, 0.1) is 0 Å². The van der Waals surface area contributed by atoms with Crippen LogP contribution in [-0.4, -0.2) is 75.5 Å². The van der Waals surface area contributed by atoms with E-state index in [0.29, 0.717) is 24.6 Å². The minimum Gasteiger partial charge on any atom is -0.449 e. The smallest absolute Gasteiger partial charge is 0.411 e. The Hall–Kier alpha value is -2.32. The predicted octanol–water partition coefficient (Wildman–Crippen LogP) is 10.5. The maximum absolute atomic E-state index is 12.2. The van der Waals surface area contributed by atoms with Crippen molar-refractivity contribution in [1.82, 2.24) is 9.80 Å². The zero-order valence-corrected chi connectivity index (χ0v) is 30.2. The molecule has 0 aliphatic heterocycles. The lowest BCUT2D eigenvalue weighted by Crippen LogP contribution is -2.23. The first-order valence-corrected chi connectivity index (χ1v) is 18.8. The van der Waals surface area contributed by atoms with Crippen LogP contribution in [0.15, 0.2) is 24.3 Å². The number of anilines is 2. The van der Waals surface area contributed by atoms with E-state index in [1.54, 1.807) is 24.3 Å². The Labute approximate surface area is 282 Å². The third-order valence-corrected chi connectivity index (χ3v) is 8.50. The quantitative estimate of drug-likeness (QED) is 0.0809. The fourth-order valence-corrected chi connectivity index (χ4v) is 5.55. The van der Waals surface area contributed by atoms with E-state index in [1.807, 2.05) is 0 Å². The van der Waals surface area contributed by atoms with Gasteiger partial charge in [-0.15, -0.1) is 0 Å². The molecule has 8 nitrogen and oxygen atoms in total. The van der Waals surface area contributed by atoms with Crippen molar-refractivity contribution in [2.24, 2.45) is 0 Å². The molecule has 0 spiro atoms. The van der Waals surface area contributed by atoms with Crippen molar-refractivity contribution in [1.29, 1.82) is 0 Å². The molecule has 0 saturated carbocycles. The Morgan fingerprint density at radius 1 is 0.478 bits per heavy atom. The van der Waals surface area contributed by atoms with E-state index in [-0.39, 0.29) is 0 Å². The molecule has 0 aromatic heterocycles. The molecule has 0 unspecified atom stereocenters. The van der Waals surface area contributed by atoms with Crippen LogP contribution in [-0.2, 0) is 9.47 Å². The first-order valence-electron chi connectivity index (χ1n) is 18.8. The summed E-state index contributed by atoms with van der Waals surface area (Å²) in [6, 6.07) is 6.93. The number of rotatable bonds is 30. The van der Waals surface area contributed by atoms with Crippen molar-refractivity contribution in [3.05, 3.63) is 24.3 Å². The zero-order valence-electron chi connectivity index (χ0n) is 30.2. The minimum atomic E-state index is -0.468. The van der Waals surface area contributed by atoms with Crippen molar-refractivity contribution >= 4 is 23.6 Å². The van der Waals surface area contributed by atoms with Gasteiger partial charge in [-0.05, 0) is 77.1 Å². The number of nitrogens with one attached hydrogen (secondary N) is 2. The molecular weight excluding hydrogens is 576 g/mol. The van der Waals surface area contributed by atoms with Crippen LogP contribution in [0.3, 0.4) is 0 Å². The Morgan fingerprint density at radius 3 is 1.09 bits per heavy atom. The largest absolute Gasteiger partial charge is 0.449 e. The van der Waals surface area contributed by atoms with Crippen LogP contribution in [0.4, 0.5) is 21.0 Å². The second-order valence-corrected chi connectivity index (χ2v) is 13.1. The third kappa shape index (κ3) is 25.8. The number of ether oxygens (including phenoxy) is 2. The number of nitrogens with zero attached hydrogens (tertiary/aromatic N) is 2. The maximum atomic E-state index is 12.2. The summed E-state index contributed by atoms with van der Waals surface area (Å²) in [6.45, 7) is 9.30. The second kappa shape index (κ2) is 30.0. The van der Waals surface area contributed by atoms with Gasteiger partial charge >= 0.3 is 12.2 Å². The normalized spacial score (nSPS) is 11.3. The fourth-order valence-electron chi connectivity index (χ4n) is 5.55. The summed E-state index contributed by atoms with van der Waals surface area (Å²) < 4.78 is 10.7. The molecule has 1 rings (SSSR count). The molecule has 0 radical (unpaired) electrons. The number of amides is 2. The summed E-state index contributed by atoms with van der Waals surface area (Å²) in [7, 11) is 4.27. The Kier molecular flexibility index (Phi) is 27.2. The molecule has 46 heavy (non-hydrogen) atoms. The number of unbranched alkanes of at least 4 members (excludes halogenated alkanes) is 16. The lowest BCUT2D eigenvalue weighted by atomic mass is 10.1. The Bertz CT molecular complexity index is 783. The fraction of sp³-hybridized carbons (Fsp3) is 0.789. The van der Waals surface area contributed by atoms with E-state index >= 15 is 0 Å². The molecule has 0 fully saturated rings. The average molecular weight is 647 g/mol. The summed E-state index contributed by atoms with van der Waals surface area (Å²) in [5.41, 5.74) is 1.22. The van der Waals surface area contributed by atoms with Crippen molar-refractivity contribution in [2.45, 2.75) is 142 Å². The van der Waals surface area contributed by atoms with Gasteiger partial charge in [-0.2, -0.15) is 0 Å². The lowest BCUT2D eigenvalue weighted by Gasteiger charge is -2.16. The van der Waals surface area contributed by atoms with Crippen molar-refractivity contribution in [3.63, 3.8) is 0 Å². The molecule has 0 aliphatic carbocycles. The summed E-state index contributed by atoms with van der Waals surface area (Å²) >= 11 is 0. The van der Waals surface area contributed by atoms with E-state index < -0.39 is 12.2 Å². The van der Waals surface area contributed by atoms with Crippen LogP contribution < -0.4 is 10.6 Å². The van der Waals surface area contributed by atoms with E-state index in [4.69, 9.17) is 9.47 Å². The van der Waals surface area contributed by atoms with Gasteiger partial charge in [0.2, 0.25) is 0 Å². The predicted molar refractivity (Wildman–Crippen MR) is 195 cm³/mol. The first-order chi connectivity index (χ1) is 22.4. The van der Waals surface area contributed by atoms with Crippen LogP contribution in [0.2, 0.25) is 0 Å². The summed E-state index contributed by atoms with van der Waals surface area (Å²) in [4.78, 5) is 29.0. The number of hydrogen-bond donors (Lipinski definition) is 2. The van der Waals surface area contributed by atoms with Gasteiger partial charge in [0.1, 0.15) is 0 Å². The van der Waals surface area contributed by atoms with Crippen molar-refractivity contribution < 1.29 is 19.1 Å². The molecular formula is C38H70N4O4. The second-order valence-electron chi connectivity index (χ2n) is 13.1. The molecule has 0 atom stereocenters. The Balaban J connectivity index is 2.03. The Morgan fingerprint density at radius 2 is 0.761 bits per heavy atom. The van der Waals surface area contributed by atoms with Gasteiger partial charge in [0.05, 0.1) is 13.2 Å². The molecule has 0 bridgehead atoms. The topological polar surface area (TPSA) is 83.1 Å². The monoisotopic (exact) mass is 647 g/mol. The highest BCUT2D eigenvalue weighted by molar-refractivity contribution is 5.87. The van der Waals surface area contributed by atoms with E-state index in [1.165, 1.54) is 116 Å². The van der Waals surface area contributed by atoms with Crippen LogP contribution in [0.1, 0.15) is 142 Å². The molecule has 0 aliphatic rings. The summed E-state index contributed by atoms with van der Waals surface area (Å²) in [5.74, 6) is 0. The average Bonchev–Trinajstić information content (AvgIpc) is 3.04. The first kappa shape index (κ1) is 41.7. The molecule has 8 heteroatoms. The molecule has 1 aromatic rings. The van der Waals surface area contributed by atoms with Crippen LogP contribution in [0.25, 0.3) is 0 Å². The van der Waals surface area contributed by atoms with Crippen LogP contribution >= 0.6 is 0 Å². The molecule has 1 aromatic carbocycles. The van der Waals surface area contributed by atoms with Gasteiger partial charge in [0.25, 0.3) is 0 Å². The van der Waals surface area contributed by atoms with Gasteiger partial charge in [0.15, 0.2) is 0 Å². The molecule has 2 amide bonds. The molecule has 0 saturated heterocycles. The van der Waals surface area contributed by atoms with Gasteiger partial charge in [-0.25, -0.2) is 9.59 Å². The number of hydrogen-bond acceptors (Lipinski definition) is 6. The molecule has 266 valence electrons. The highest BCUT2D eigenvalue weighted by Gasteiger charge is 2.07. The number of carbonyl (C=O) groups excluding carboxylic acids is 2. The van der Waals surface area contributed by atoms with E-state index in [9.17, 15) is 9.59 Å². The maximum Gasteiger partial charge on any atom is 0.411 e. The van der Waals surface area contributed by atoms with Crippen molar-refractivity contribution in [3.8, 4) is 0 Å². The summed E-state index contributed by atoms with van der Waals surface area (Å²) in [6.07, 6.45) is 24.8. The van der Waals surface area contributed by atoms with E-state index in [0.717, 1.165) is 39.0 Å². The van der Waals surface area contributed by atoms with E-state index in [2.05, 4.69) is 48.4 Å². The SMILES string of the molecule is CCCCCCCCCCCN(C)CCCOC(=O)Nc1ccc(NC(=O)OCCCN(C)CCCCCCCCCCC)cc1. The van der Waals surface area contributed by atoms with Gasteiger partial charge in [-0.3, -0.25) is 10.6 Å². The van der Waals surface area contributed by atoms with Gasteiger partial charge in [-0.1, -0.05) is 117 Å². The standard InChI is InChI=1S/C38H70N4O4/c1-5-7-9-11-13-15-17-19-21-29-41(3)31-23-33-45-37(43)39-35-25-27-36(28-26-35)40-38(44)46-34-24-32-42(4)30-22-20-18-16-14-12-10-8-6-2/h25-28H,5-24,29-34H2,1-4H3,(H,39,43)(H,40,44).